The monoisotopic (exact) mass is 254 g/mol. The Labute approximate surface area is 112 Å². The van der Waals surface area contributed by atoms with E-state index in [2.05, 4.69) is 24.1 Å². The summed E-state index contributed by atoms with van der Waals surface area (Å²) in [5.74, 6) is 1.52. The van der Waals surface area contributed by atoms with E-state index >= 15 is 0 Å². The maximum atomic E-state index is 5.62. The Kier molecular flexibility index (Phi) is 5.93. The van der Waals surface area contributed by atoms with Crippen molar-refractivity contribution in [2.24, 2.45) is 11.8 Å². The van der Waals surface area contributed by atoms with Gasteiger partial charge in [0.25, 0.3) is 0 Å². The van der Waals surface area contributed by atoms with Gasteiger partial charge in [-0.05, 0) is 44.1 Å². The Balaban J connectivity index is 1.78. The summed E-state index contributed by atoms with van der Waals surface area (Å²) >= 11 is 0. The molecule has 2 saturated heterocycles. The van der Waals surface area contributed by atoms with Crippen LogP contribution in [0, 0.1) is 11.8 Å². The van der Waals surface area contributed by atoms with Gasteiger partial charge in [0.2, 0.25) is 0 Å². The van der Waals surface area contributed by atoms with Gasteiger partial charge in [0, 0.05) is 32.3 Å². The first-order chi connectivity index (χ1) is 8.74. The van der Waals surface area contributed by atoms with Crippen molar-refractivity contribution in [2.75, 3.05) is 39.4 Å². The van der Waals surface area contributed by atoms with Crippen LogP contribution in [0.1, 0.15) is 39.5 Å². The zero-order chi connectivity index (χ0) is 12.8. The second-order valence-corrected chi connectivity index (χ2v) is 6.49. The number of nitrogens with zero attached hydrogens (tertiary/aromatic N) is 1. The number of nitrogens with one attached hydrogen (secondary N) is 1. The van der Waals surface area contributed by atoms with Gasteiger partial charge in [-0.25, -0.2) is 0 Å². The Morgan fingerprint density at radius 3 is 2.72 bits per heavy atom. The molecule has 2 atom stereocenters. The summed E-state index contributed by atoms with van der Waals surface area (Å²) in [6.07, 6.45) is 5.32. The van der Waals surface area contributed by atoms with Gasteiger partial charge >= 0.3 is 0 Å². The van der Waals surface area contributed by atoms with Crippen LogP contribution in [0.15, 0.2) is 0 Å². The molecule has 2 unspecified atom stereocenters. The second-order valence-electron chi connectivity index (χ2n) is 6.49. The molecule has 3 heteroatoms. The molecule has 0 spiro atoms. The predicted octanol–water partition coefficient (Wildman–Crippen LogP) is 2.12. The van der Waals surface area contributed by atoms with Gasteiger partial charge in [-0.2, -0.15) is 0 Å². The average molecular weight is 254 g/mol. The van der Waals surface area contributed by atoms with Crippen molar-refractivity contribution in [3.8, 4) is 0 Å². The van der Waals surface area contributed by atoms with E-state index < -0.39 is 0 Å². The molecule has 2 heterocycles. The molecular weight excluding hydrogens is 224 g/mol. The summed E-state index contributed by atoms with van der Waals surface area (Å²) in [5, 5.41) is 3.62. The van der Waals surface area contributed by atoms with E-state index in [1.54, 1.807) is 0 Å². The van der Waals surface area contributed by atoms with E-state index in [0.717, 1.165) is 31.1 Å². The van der Waals surface area contributed by atoms with Crippen LogP contribution in [-0.4, -0.2) is 50.3 Å². The third-order valence-corrected chi connectivity index (χ3v) is 4.04. The zero-order valence-electron chi connectivity index (χ0n) is 12.2. The lowest BCUT2D eigenvalue weighted by Crippen LogP contribution is -2.42. The highest BCUT2D eigenvalue weighted by atomic mass is 16.5. The van der Waals surface area contributed by atoms with Crippen molar-refractivity contribution in [1.29, 1.82) is 0 Å². The van der Waals surface area contributed by atoms with Crippen molar-refractivity contribution < 1.29 is 4.74 Å². The zero-order valence-corrected chi connectivity index (χ0v) is 12.2. The van der Waals surface area contributed by atoms with Crippen molar-refractivity contribution in [1.82, 2.24) is 10.2 Å². The maximum Gasteiger partial charge on any atom is 0.0506 e. The normalized spacial score (nSPS) is 29.3. The van der Waals surface area contributed by atoms with Gasteiger partial charge < -0.3 is 15.0 Å². The van der Waals surface area contributed by atoms with Gasteiger partial charge in [0.1, 0.15) is 0 Å². The lowest BCUT2D eigenvalue weighted by molar-refractivity contribution is 0.0354. The summed E-state index contributed by atoms with van der Waals surface area (Å²) in [6.45, 7) is 11.5. The van der Waals surface area contributed by atoms with E-state index in [9.17, 15) is 0 Å². The van der Waals surface area contributed by atoms with Crippen molar-refractivity contribution in [3.05, 3.63) is 0 Å². The van der Waals surface area contributed by atoms with Gasteiger partial charge in [-0.3, -0.25) is 0 Å². The Bertz CT molecular complexity index is 221. The molecular formula is C15H30N2O. The first-order valence-electron chi connectivity index (χ1n) is 7.77. The Hall–Kier alpha value is -0.120. The third-order valence-electron chi connectivity index (χ3n) is 4.04. The van der Waals surface area contributed by atoms with Crippen LogP contribution in [0.4, 0.5) is 0 Å². The molecule has 1 N–H and O–H groups in total. The summed E-state index contributed by atoms with van der Waals surface area (Å²) in [5.41, 5.74) is 0. The molecule has 0 amide bonds. The molecule has 0 aliphatic carbocycles. The lowest BCUT2D eigenvalue weighted by atomic mass is 10.0. The summed E-state index contributed by atoms with van der Waals surface area (Å²) in [6, 6.07) is 0.730. The minimum atomic E-state index is 0.730. The molecule has 0 aromatic rings. The molecule has 2 fully saturated rings. The highest BCUT2D eigenvalue weighted by Crippen LogP contribution is 2.17. The summed E-state index contributed by atoms with van der Waals surface area (Å²) in [4.78, 5) is 2.67. The topological polar surface area (TPSA) is 24.5 Å². The highest BCUT2D eigenvalue weighted by molar-refractivity contribution is 4.80. The lowest BCUT2D eigenvalue weighted by Gasteiger charge is -2.32. The number of ether oxygens (including phenoxy) is 1. The first-order valence-corrected chi connectivity index (χ1v) is 7.77. The summed E-state index contributed by atoms with van der Waals surface area (Å²) < 4.78 is 5.62. The van der Waals surface area contributed by atoms with E-state index in [1.807, 2.05) is 0 Å². The Morgan fingerprint density at radius 2 is 2.11 bits per heavy atom. The van der Waals surface area contributed by atoms with Gasteiger partial charge in [-0.15, -0.1) is 0 Å². The van der Waals surface area contributed by atoms with Crippen LogP contribution in [0.25, 0.3) is 0 Å². The fourth-order valence-corrected chi connectivity index (χ4v) is 3.28. The largest absolute Gasteiger partial charge is 0.381 e. The smallest absolute Gasteiger partial charge is 0.0506 e. The molecule has 18 heavy (non-hydrogen) atoms. The molecule has 0 aromatic heterocycles. The molecule has 0 radical (unpaired) electrons. The van der Waals surface area contributed by atoms with E-state index in [0.29, 0.717) is 0 Å². The number of hydrogen-bond donors (Lipinski definition) is 1. The summed E-state index contributed by atoms with van der Waals surface area (Å²) in [7, 11) is 0. The first kappa shape index (κ1) is 14.3. The quantitative estimate of drug-likeness (QED) is 0.786. The average Bonchev–Trinajstić information content (AvgIpc) is 2.82. The fraction of sp³-hybridized carbons (Fsp3) is 1.00. The van der Waals surface area contributed by atoms with Gasteiger partial charge in [-0.1, -0.05) is 13.8 Å². The molecule has 2 aliphatic heterocycles. The van der Waals surface area contributed by atoms with Crippen molar-refractivity contribution in [3.63, 3.8) is 0 Å². The van der Waals surface area contributed by atoms with Gasteiger partial charge in [0.15, 0.2) is 0 Å². The van der Waals surface area contributed by atoms with Crippen molar-refractivity contribution >= 4 is 0 Å². The van der Waals surface area contributed by atoms with Crippen LogP contribution >= 0.6 is 0 Å². The molecule has 2 aliphatic rings. The van der Waals surface area contributed by atoms with E-state index in [1.165, 1.54) is 51.9 Å². The molecule has 3 nitrogen and oxygen atoms in total. The van der Waals surface area contributed by atoms with Crippen LogP contribution in [0.2, 0.25) is 0 Å². The van der Waals surface area contributed by atoms with Crippen LogP contribution in [0.5, 0.6) is 0 Å². The minimum absolute atomic E-state index is 0.730. The van der Waals surface area contributed by atoms with Crippen LogP contribution in [0.3, 0.4) is 0 Å². The second kappa shape index (κ2) is 7.46. The van der Waals surface area contributed by atoms with Crippen molar-refractivity contribution in [2.45, 2.75) is 45.6 Å². The fourth-order valence-electron chi connectivity index (χ4n) is 3.28. The highest BCUT2D eigenvalue weighted by Gasteiger charge is 2.22. The Morgan fingerprint density at radius 1 is 1.22 bits per heavy atom. The standard InChI is InChI=1S/C15H30N2O/c1-13(2)9-17(11-15-6-3-7-16-15)10-14-5-4-8-18-12-14/h13-16H,3-12H2,1-2H3. The van der Waals surface area contributed by atoms with Crippen LogP contribution < -0.4 is 5.32 Å². The molecule has 0 bridgehead atoms. The SMILES string of the molecule is CC(C)CN(CC1CCCOC1)CC1CCCN1. The van der Waals surface area contributed by atoms with E-state index in [-0.39, 0.29) is 0 Å². The molecule has 0 saturated carbocycles. The minimum Gasteiger partial charge on any atom is -0.381 e. The van der Waals surface area contributed by atoms with E-state index in [4.69, 9.17) is 4.74 Å². The molecule has 106 valence electrons. The van der Waals surface area contributed by atoms with Gasteiger partial charge in [0.05, 0.1) is 6.61 Å². The molecule has 2 rings (SSSR count). The maximum absolute atomic E-state index is 5.62. The van der Waals surface area contributed by atoms with Crippen LogP contribution in [-0.2, 0) is 4.74 Å². The predicted molar refractivity (Wildman–Crippen MR) is 75.8 cm³/mol. The third kappa shape index (κ3) is 4.87. The number of rotatable bonds is 6. The molecule has 0 aromatic carbocycles. The number of hydrogen-bond acceptors (Lipinski definition) is 3.